The molecule has 0 aliphatic carbocycles. The van der Waals surface area contributed by atoms with Crippen LogP contribution < -0.4 is 15.0 Å². The number of carbonyl (C=O) groups excluding carboxylic acids is 1. The van der Waals surface area contributed by atoms with E-state index in [9.17, 15) is 4.79 Å². The third-order valence-corrected chi connectivity index (χ3v) is 3.39. The predicted molar refractivity (Wildman–Crippen MR) is 94.1 cm³/mol. The Kier molecular flexibility index (Phi) is 5.63. The molecule has 0 spiro atoms. The van der Waals surface area contributed by atoms with Crippen molar-refractivity contribution >= 4 is 11.6 Å². The molecule has 0 aliphatic heterocycles. The largest absolute Gasteiger partial charge is 0.491 e. The molecule has 0 bridgehead atoms. The zero-order valence-electron chi connectivity index (χ0n) is 14.2. The van der Waals surface area contributed by atoms with E-state index in [1.54, 1.807) is 12.1 Å². The second-order valence-electron chi connectivity index (χ2n) is 5.93. The fraction of sp³-hybridized carbons (Fsp3) is 0.316. The zero-order chi connectivity index (χ0) is 16.8. The van der Waals surface area contributed by atoms with Gasteiger partial charge in [-0.15, -0.1) is 0 Å². The summed E-state index contributed by atoms with van der Waals surface area (Å²) in [5.74, 6) is 0.689. The molecule has 1 amide bonds. The van der Waals surface area contributed by atoms with Crippen LogP contribution in [0.3, 0.4) is 0 Å². The van der Waals surface area contributed by atoms with Crippen LogP contribution in [0, 0.1) is 0 Å². The van der Waals surface area contributed by atoms with Gasteiger partial charge in [-0.05, 0) is 55.8 Å². The second-order valence-corrected chi connectivity index (χ2v) is 5.93. The molecular weight excluding hydrogens is 288 g/mol. The molecule has 0 saturated heterocycles. The highest BCUT2D eigenvalue weighted by atomic mass is 16.5. The maximum atomic E-state index is 12.2. The molecule has 0 fully saturated rings. The lowest BCUT2D eigenvalue weighted by molar-refractivity contribution is 0.0951. The Morgan fingerprint density at radius 3 is 2.17 bits per heavy atom. The summed E-state index contributed by atoms with van der Waals surface area (Å²) in [7, 11) is 4.01. The highest BCUT2D eigenvalue weighted by Gasteiger charge is 2.06. The average Bonchev–Trinajstić information content (AvgIpc) is 2.53. The third kappa shape index (κ3) is 5.02. The van der Waals surface area contributed by atoms with Crippen LogP contribution in [0.25, 0.3) is 0 Å². The molecule has 2 aromatic rings. The molecule has 0 radical (unpaired) electrons. The fourth-order valence-electron chi connectivity index (χ4n) is 2.15. The molecule has 0 unspecified atom stereocenters. The molecule has 0 heterocycles. The van der Waals surface area contributed by atoms with E-state index < -0.39 is 0 Å². The molecule has 122 valence electrons. The van der Waals surface area contributed by atoms with Crippen LogP contribution in [0.5, 0.6) is 5.75 Å². The first-order valence-corrected chi connectivity index (χ1v) is 7.77. The molecule has 0 aromatic heterocycles. The highest BCUT2D eigenvalue weighted by molar-refractivity contribution is 5.94. The van der Waals surface area contributed by atoms with Crippen LogP contribution in [-0.4, -0.2) is 26.1 Å². The van der Waals surface area contributed by atoms with Gasteiger partial charge >= 0.3 is 0 Å². The van der Waals surface area contributed by atoms with Crippen molar-refractivity contribution in [3.63, 3.8) is 0 Å². The van der Waals surface area contributed by atoms with E-state index >= 15 is 0 Å². The van der Waals surface area contributed by atoms with Gasteiger partial charge in [0.2, 0.25) is 0 Å². The van der Waals surface area contributed by atoms with Crippen molar-refractivity contribution in [1.82, 2.24) is 5.32 Å². The average molecular weight is 312 g/mol. The quantitative estimate of drug-likeness (QED) is 0.888. The minimum absolute atomic E-state index is 0.0854. The standard InChI is InChI=1S/C19H24N2O2/c1-14(2)23-18-11-7-16(8-12-18)19(22)20-13-15-5-9-17(10-6-15)21(3)4/h5-12,14H,13H2,1-4H3,(H,20,22). The molecular formula is C19H24N2O2. The van der Waals surface area contributed by atoms with E-state index in [1.165, 1.54) is 0 Å². The number of nitrogens with zero attached hydrogens (tertiary/aromatic N) is 1. The molecule has 0 aliphatic rings. The van der Waals surface area contributed by atoms with Crippen molar-refractivity contribution in [2.24, 2.45) is 0 Å². The Morgan fingerprint density at radius 2 is 1.65 bits per heavy atom. The number of hydrogen-bond donors (Lipinski definition) is 1. The third-order valence-electron chi connectivity index (χ3n) is 3.39. The molecule has 2 aromatic carbocycles. The SMILES string of the molecule is CC(C)Oc1ccc(C(=O)NCc2ccc(N(C)C)cc2)cc1. The van der Waals surface area contributed by atoms with Gasteiger partial charge in [-0.2, -0.15) is 0 Å². The summed E-state index contributed by atoms with van der Waals surface area (Å²) < 4.78 is 5.57. The molecule has 2 rings (SSSR count). The maximum absolute atomic E-state index is 12.2. The van der Waals surface area contributed by atoms with Crippen molar-refractivity contribution < 1.29 is 9.53 Å². The van der Waals surface area contributed by atoms with Gasteiger partial charge in [-0.1, -0.05) is 12.1 Å². The Balaban J connectivity index is 1.91. The monoisotopic (exact) mass is 312 g/mol. The van der Waals surface area contributed by atoms with Gasteiger partial charge in [0.15, 0.2) is 0 Å². The molecule has 0 saturated carbocycles. The first kappa shape index (κ1) is 16.9. The number of carbonyl (C=O) groups is 1. The maximum Gasteiger partial charge on any atom is 0.251 e. The normalized spacial score (nSPS) is 10.5. The van der Waals surface area contributed by atoms with Crippen LogP contribution in [0.15, 0.2) is 48.5 Å². The highest BCUT2D eigenvalue weighted by Crippen LogP contribution is 2.15. The Labute approximate surface area is 138 Å². The van der Waals surface area contributed by atoms with Crippen LogP contribution >= 0.6 is 0 Å². The summed E-state index contributed by atoms with van der Waals surface area (Å²) >= 11 is 0. The summed E-state index contributed by atoms with van der Waals surface area (Å²) in [6.45, 7) is 4.46. The van der Waals surface area contributed by atoms with E-state index in [1.807, 2.05) is 69.2 Å². The lowest BCUT2D eigenvalue weighted by atomic mass is 10.1. The topological polar surface area (TPSA) is 41.6 Å². The predicted octanol–water partition coefficient (Wildman–Crippen LogP) is 3.47. The van der Waals surface area contributed by atoms with Gasteiger partial charge in [-0.25, -0.2) is 0 Å². The summed E-state index contributed by atoms with van der Waals surface area (Å²) in [6, 6.07) is 15.3. The number of benzene rings is 2. The summed E-state index contributed by atoms with van der Waals surface area (Å²) in [5, 5.41) is 2.93. The van der Waals surface area contributed by atoms with Crippen LogP contribution in [-0.2, 0) is 6.54 Å². The van der Waals surface area contributed by atoms with Gasteiger partial charge in [0, 0.05) is 31.9 Å². The summed E-state index contributed by atoms with van der Waals surface area (Å²) in [5.41, 5.74) is 2.84. The minimum atomic E-state index is -0.0854. The Bertz CT molecular complexity index is 631. The van der Waals surface area contributed by atoms with E-state index in [4.69, 9.17) is 4.74 Å². The smallest absolute Gasteiger partial charge is 0.251 e. The van der Waals surface area contributed by atoms with Crippen molar-refractivity contribution in [3.05, 3.63) is 59.7 Å². The lowest BCUT2D eigenvalue weighted by Crippen LogP contribution is -2.22. The summed E-state index contributed by atoms with van der Waals surface area (Å²) in [6.07, 6.45) is 0.125. The van der Waals surface area contributed by atoms with E-state index in [0.717, 1.165) is 17.0 Å². The van der Waals surface area contributed by atoms with Crippen LogP contribution in [0.4, 0.5) is 5.69 Å². The van der Waals surface area contributed by atoms with Crippen molar-refractivity contribution in [1.29, 1.82) is 0 Å². The van der Waals surface area contributed by atoms with E-state index in [2.05, 4.69) is 5.32 Å². The number of hydrogen-bond acceptors (Lipinski definition) is 3. The lowest BCUT2D eigenvalue weighted by Gasteiger charge is -2.13. The molecule has 4 heteroatoms. The molecule has 4 nitrogen and oxygen atoms in total. The molecule has 0 atom stereocenters. The summed E-state index contributed by atoms with van der Waals surface area (Å²) in [4.78, 5) is 14.2. The van der Waals surface area contributed by atoms with Gasteiger partial charge in [0.05, 0.1) is 6.10 Å². The minimum Gasteiger partial charge on any atom is -0.491 e. The second kappa shape index (κ2) is 7.68. The molecule has 1 N–H and O–H groups in total. The van der Waals surface area contributed by atoms with E-state index in [-0.39, 0.29) is 12.0 Å². The first-order chi connectivity index (χ1) is 11.0. The number of nitrogens with one attached hydrogen (secondary N) is 1. The van der Waals surface area contributed by atoms with Crippen molar-refractivity contribution in [3.8, 4) is 5.75 Å². The first-order valence-electron chi connectivity index (χ1n) is 7.77. The van der Waals surface area contributed by atoms with Gasteiger partial charge in [-0.3, -0.25) is 4.79 Å². The zero-order valence-corrected chi connectivity index (χ0v) is 14.2. The fourth-order valence-corrected chi connectivity index (χ4v) is 2.15. The van der Waals surface area contributed by atoms with Crippen LogP contribution in [0.1, 0.15) is 29.8 Å². The van der Waals surface area contributed by atoms with Crippen LogP contribution in [0.2, 0.25) is 0 Å². The van der Waals surface area contributed by atoms with Gasteiger partial charge < -0.3 is 15.0 Å². The number of amides is 1. The number of anilines is 1. The van der Waals surface area contributed by atoms with E-state index in [0.29, 0.717) is 12.1 Å². The number of ether oxygens (including phenoxy) is 1. The van der Waals surface area contributed by atoms with Crippen molar-refractivity contribution in [2.75, 3.05) is 19.0 Å². The Hall–Kier alpha value is -2.49. The van der Waals surface area contributed by atoms with Gasteiger partial charge in [0.25, 0.3) is 5.91 Å². The Morgan fingerprint density at radius 1 is 1.04 bits per heavy atom. The van der Waals surface area contributed by atoms with Crippen molar-refractivity contribution in [2.45, 2.75) is 26.5 Å². The molecule has 23 heavy (non-hydrogen) atoms. The van der Waals surface area contributed by atoms with Gasteiger partial charge in [0.1, 0.15) is 5.75 Å². The number of rotatable bonds is 6.